The summed E-state index contributed by atoms with van der Waals surface area (Å²) in [5, 5.41) is 16.0. The summed E-state index contributed by atoms with van der Waals surface area (Å²) in [4.78, 5) is 43.1. The van der Waals surface area contributed by atoms with E-state index in [1.807, 2.05) is 0 Å². The standard InChI is InChI=1S/C34H28F3N5O6/c1-47-27-15-10-24(28(17-27)34(35,36)37)16-29(43)39-26-13-8-23(9-14-26)33(46)42(19-30(44)45)18-20-2-4-22(5-3-20)32-40-31(41-48-32)21-6-11-25(38)12-7-21/h2-15,17H,16,18-19,38H2,1H3,(H,39,43)(H,44,45). The van der Waals surface area contributed by atoms with Gasteiger partial charge < -0.3 is 30.3 Å². The van der Waals surface area contributed by atoms with Crippen LogP contribution in [0.3, 0.4) is 0 Å². The van der Waals surface area contributed by atoms with Gasteiger partial charge in [-0.05, 0) is 83.9 Å². The third kappa shape index (κ3) is 8.15. The third-order valence-electron chi connectivity index (χ3n) is 7.17. The van der Waals surface area contributed by atoms with Crippen LogP contribution in [0.25, 0.3) is 22.8 Å². The molecular formula is C34H28F3N5O6. The second-order valence-electron chi connectivity index (χ2n) is 10.6. The van der Waals surface area contributed by atoms with Gasteiger partial charge in [0.05, 0.1) is 19.1 Å². The number of carboxylic acids is 1. The number of amides is 2. The van der Waals surface area contributed by atoms with Gasteiger partial charge in [-0.2, -0.15) is 18.2 Å². The first kappa shape index (κ1) is 33.2. The Labute approximate surface area is 271 Å². The van der Waals surface area contributed by atoms with Crippen molar-refractivity contribution in [1.82, 2.24) is 15.0 Å². The normalized spacial score (nSPS) is 11.2. The van der Waals surface area contributed by atoms with Crippen LogP contribution in [0.4, 0.5) is 24.5 Å². The number of hydrogen-bond acceptors (Lipinski definition) is 8. The lowest BCUT2D eigenvalue weighted by atomic mass is 10.0. The summed E-state index contributed by atoms with van der Waals surface area (Å²) < 4.78 is 50.8. The number of nitrogen functional groups attached to an aromatic ring is 1. The predicted molar refractivity (Wildman–Crippen MR) is 169 cm³/mol. The van der Waals surface area contributed by atoms with Crippen molar-refractivity contribution in [2.45, 2.75) is 19.1 Å². The molecule has 0 bridgehead atoms. The van der Waals surface area contributed by atoms with Crippen LogP contribution in [-0.4, -0.2) is 51.6 Å². The number of carbonyl (C=O) groups is 3. The van der Waals surface area contributed by atoms with Crippen LogP contribution in [-0.2, 0) is 28.7 Å². The zero-order valence-electron chi connectivity index (χ0n) is 25.3. The first-order valence-corrected chi connectivity index (χ1v) is 14.3. The predicted octanol–water partition coefficient (Wildman–Crippen LogP) is 5.92. The Bertz CT molecular complexity index is 1930. The zero-order valence-corrected chi connectivity index (χ0v) is 25.3. The maximum absolute atomic E-state index is 13.5. The van der Waals surface area contributed by atoms with Gasteiger partial charge >= 0.3 is 12.1 Å². The molecule has 0 spiro atoms. The minimum Gasteiger partial charge on any atom is -0.497 e. The molecule has 0 saturated carbocycles. The molecule has 4 aromatic carbocycles. The second-order valence-corrected chi connectivity index (χ2v) is 10.6. The summed E-state index contributed by atoms with van der Waals surface area (Å²) in [6.07, 6.45) is -5.24. The lowest BCUT2D eigenvalue weighted by Crippen LogP contribution is -2.35. The molecule has 0 atom stereocenters. The molecular weight excluding hydrogens is 631 g/mol. The molecule has 2 amide bonds. The fraction of sp³-hybridized carbons (Fsp3) is 0.147. The van der Waals surface area contributed by atoms with Gasteiger partial charge in [0.2, 0.25) is 11.7 Å². The fourth-order valence-corrected chi connectivity index (χ4v) is 4.78. The van der Waals surface area contributed by atoms with E-state index in [4.69, 9.17) is 15.0 Å². The molecule has 1 aromatic heterocycles. The number of alkyl halides is 3. The molecule has 5 aromatic rings. The molecule has 5 rings (SSSR count). The molecule has 0 aliphatic heterocycles. The van der Waals surface area contributed by atoms with Gasteiger partial charge in [0.15, 0.2) is 0 Å². The molecule has 1 heterocycles. The highest BCUT2D eigenvalue weighted by Crippen LogP contribution is 2.35. The molecule has 0 fully saturated rings. The number of ether oxygens (including phenoxy) is 1. The van der Waals surface area contributed by atoms with Crippen molar-refractivity contribution < 1.29 is 41.9 Å². The Morgan fingerprint density at radius 1 is 0.938 bits per heavy atom. The van der Waals surface area contributed by atoms with E-state index in [1.165, 1.54) is 43.5 Å². The molecule has 0 saturated heterocycles. The van der Waals surface area contributed by atoms with E-state index in [0.29, 0.717) is 22.6 Å². The summed E-state index contributed by atoms with van der Waals surface area (Å²) in [6.45, 7) is -0.620. The number of methoxy groups -OCH3 is 1. The quantitative estimate of drug-likeness (QED) is 0.146. The number of halogens is 3. The minimum absolute atomic E-state index is 0.00824. The van der Waals surface area contributed by atoms with Crippen LogP contribution in [0.1, 0.15) is 27.0 Å². The van der Waals surface area contributed by atoms with E-state index in [0.717, 1.165) is 16.5 Å². The summed E-state index contributed by atoms with van der Waals surface area (Å²) in [5.41, 5.74) is 7.46. The van der Waals surface area contributed by atoms with Crippen LogP contribution < -0.4 is 15.8 Å². The average molecular weight is 660 g/mol. The van der Waals surface area contributed by atoms with E-state index in [9.17, 15) is 32.7 Å². The third-order valence-corrected chi connectivity index (χ3v) is 7.17. The summed E-state index contributed by atoms with van der Waals surface area (Å²) >= 11 is 0. The lowest BCUT2D eigenvalue weighted by molar-refractivity contribution is -0.139. The fourth-order valence-electron chi connectivity index (χ4n) is 4.78. The van der Waals surface area contributed by atoms with Crippen molar-refractivity contribution in [3.05, 3.63) is 113 Å². The van der Waals surface area contributed by atoms with Gasteiger partial charge in [-0.25, -0.2) is 0 Å². The number of hydrogen-bond donors (Lipinski definition) is 3. The van der Waals surface area contributed by atoms with Crippen molar-refractivity contribution in [2.75, 3.05) is 24.7 Å². The van der Waals surface area contributed by atoms with Crippen LogP contribution in [0.2, 0.25) is 0 Å². The highest BCUT2D eigenvalue weighted by atomic mass is 19.4. The number of benzene rings is 4. The molecule has 0 aliphatic rings. The smallest absolute Gasteiger partial charge is 0.416 e. The number of rotatable bonds is 11. The number of carboxylic acid groups (broad SMARTS) is 1. The maximum Gasteiger partial charge on any atom is 0.416 e. The number of anilines is 2. The Morgan fingerprint density at radius 3 is 2.23 bits per heavy atom. The maximum atomic E-state index is 13.5. The topological polar surface area (TPSA) is 161 Å². The van der Waals surface area contributed by atoms with Crippen molar-refractivity contribution in [3.63, 3.8) is 0 Å². The van der Waals surface area contributed by atoms with Crippen LogP contribution >= 0.6 is 0 Å². The van der Waals surface area contributed by atoms with E-state index >= 15 is 0 Å². The summed E-state index contributed by atoms with van der Waals surface area (Å²) in [6, 6.07) is 22.7. The Morgan fingerprint density at radius 2 is 1.60 bits per heavy atom. The van der Waals surface area contributed by atoms with Gasteiger partial charge in [0.25, 0.3) is 11.8 Å². The van der Waals surface area contributed by atoms with E-state index in [-0.39, 0.29) is 35.0 Å². The van der Waals surface area contributed by atoms with Gasteiger partial charge in [-0.3, -0.25) is 14.4 Å². The first-order chi connectivity index (χ1) is 22.9. The molecule has 0 aliphatic carbocycles. The Kier molecular flexibility index (Phi) is 9.73. The Hall–Kier alpha value is -6.18. The van der Waals surface area contributed by atoms with Gasteiger partial charge in [-0.1, -0.05) is 23.4 Å². The number of nitrogens with one attached hydrogen (secondary N) is 1. The second kappa shape index (κ2) is 14.1. The van der Waals surface area contributed by atoms with Crippen molar-refractivity contribution in [3.8, 4) is 28.6 Å². The molecule has 0 unspecified atom stereocenters. The number of aliphatic carboxylic acids is 1. The number of carbonyl (C=O) groups excluding carboxylic acids is 2. The van der Waals surface area contributed by atoms with E-state index in [2.05, 4.69) is 15.5 Å². The van der Waals surface area contributed by atoms with Gasteiger partial charge in [0.1, 0.15) is 12.3 Å². The molecule has 0 radical (unpaired) electrons. The molecule has 14 heteroatoms. The van der Waals surface area contributed by atoms with Crippen molar-refractivity contribution >= 4 is 29.2 Å². The van der Waals surface area contributed by atoms with Crippen LogP contribution in [0.5, 0.6) is 5.75 Å². The van der Waals surface area contributed by atoms with E-state index < -0.39 is 42.5 Å². The number of nitrogens with two attached hydrogens (primary N) is 1. The number of aromatic nitrogens is 2. The van der Waals surface area contributed by atoms with Gasteiger partial charge in [-0.15, -0.1) is 0 Å². The molecule has 246 valence electrons. The first-order valence-electron chi connectivity index (χ1n) is 14.3. The highest BCUT2D eigenvalue weighted by molar-refractivity contribution is 5.97. The Balaban J connectivity index is 1.24. The monoisotopic (exact) mass is 659 g/mol. The lowest BCUT2D eigenvalue weighted by Gasteiger charge is -2.21. The zero-order chi connectivity index (χ0) is 34.4. The molecule has 48 heavy (non-hydrogen) atoms. The number of nitrogens with zero attached hydrogens (tertiary/aromatic N) is 3. The summed E-state index contributed by atoms with van der Waals surface area (Å²) in [5.74, 6) is -1.86. The van der Waals surface area contributed by atoms with Crippen molar-refractivity contribution in [2.24, 2.45) is 0 Å². The highest BCUT2D eigenvalue weighted by Gasteiger charge is 2.34. The molecule has 11 nitrogen and oxygen atoms in total. The van der Waals surface area contributed by atoms with Crippen LogP contribution in [0, 0.1) is 0 Å². The van der Waals surface area contributed by atoms with Gasteiger partial charge in [0, 0.05) is 34.6 Å². The molecule has 4 N–H and O–H groups in total. The largest absolute Gasteiger partial charge is 0.497 e. The summed E-state index contributed by atoms with van der Waals surface area (Å²) in [7, 11) is 1.24. The minimum atomic E-state index is -4.69. The van der Waals surface area contributed by atoms with E-state index in [1.54, 1.807) is 48.5 Å². The van der Waals surface area contributed by atoms with Crippen molar-refractivity contribution in [1.29, 1.82) is 0 Å². The average Bonchev–Trinajstić information content (AvgIpc) is 3.55. The van der Waals surface area contributed by atoms with Crippen LogP contribution in [0.15, 0.2) is 95.5 Å². The SMILES string of the molecule is COc1ccc(CC(=O)Nc2ccc(C(=O)N(CC(=O)O)Cc3ccc(-c4nc(-c5ccc(N)cc5)no4)cc3)cc2)c(C(F)(F)F)c1.